The molecular formula is C63H108O9. The molecule has 0 radical (unpaired) electrons. The third-order valence-corrected chi connectivity index (χ3v) is 13.0. The van der Waals surface area contributed by atoms with Crippen LogP contribution < -0.4 is 0 Å². The second-order valence-electron chi connectivity index (χ2n) is 19.7. The fourth-order valence-corrected chi connectivity index (χ4v) is 8.47. The van der Waals surface area contributed by atoms with Crippen molar-refractivity contribution in [1.29, 1.82) is 0 Å². The SMILES string of the molecule is CC/C=C\C/C=C\C/C=C\C/C=C\C/C=C\C/C=C\CCCCCCCCC(=O)OC(COCCCCCCCCCCCCCC/C=C\C/C=C\CCCCCCC)COC1OC(CO)C(O)C(O)C1O. The van der Waals surface area contributed by atoms with Crippen LogP contribution in [-0.4, -0.2) is 89.6 Å². The Hall–Kier alpha value is -2.89. The lowest BCUT2D eigenvalue weighted by Crippen LogP contribution is -2.59. The number of allylic oxidation sites excluding steroid dienone is 16. The number of unbranched alkanes of at least 4 members (excludes halogenated alkanes) is 23. The maximum Gasteiger partial charge on any atom is 0.306 e. The molecule has 72 heavy (non-hydrogen) atoms. The summed E-state index contributed by atoms with van der Waals surface area (Å²) in [6, 6.07) is 0. The first-order valence-electron chi connectivity index (χ1n) is 29.3. The van der Waals surface area contributed by atoms with Crippen molar-refractivity contribution >= 4 is 5.97 Å². The van der Waals surface area contributed by atoms with Crippen LogP contribution in [0.1, 0.15) is 232 Å². The first kappa shape index (κ1) is 67.1. The van der Waals surface area contributed by atoms with Gasteiger partial charge < -0.3 is 39.4 Å². The van der Waals surface area contributed by atoms with Gasteiger partial charge in [0.25, 0.3) is 0 Å². The number of rotatable bonds is 50. The van der Waals surface area contributed by atoms with Gasteiger partial charge in [0.15, 0.2) is 6.29 Å². The zero-order chi connectivity index (χ0) is 52.1. The minimum Gasteiger partial charge on any atom is -0.457 e. The van der Waals surface area contributed by atoms with Crippen LogP contribution >= 0.6 is 0 Å². The highest BCUT2D eigenvalue weighted by molar-refractivity contribution is 5.69. The molecule has 1 rings (SSSR count). The van der Waals surface area contributed by atoms with Crippen LogP contribution in [0.4, 0.5) is 0 Å². The number of carbonyl (C=O) groups is 1. The second-order valence-corrected chi connectivity index (χ2v) is 19.7. The minimum atomic E-state index is -1.55. The molecule has 0 aromatic carbocycles. The second kappa shape index (κ2) is 53.0. The summed E-state index contributed by atoms with van der Waals surface area (Å²) in [5.74, 6) is -0.330. The van der Waals surface area contributed by atoms with Crippen LogP contribution in [0.15, 0.2) is 97.2 Å². The molecule has 1 aliphatic rings. The Kier molecular flexibility index (Phi) is 49.4. The highest BCUT2D eigenvalue weighted by atomic mass is 16.7. The van der Waals surface area contributed by atoms with E-state index in [4.69, 9.17) is 18.9 Å². The number of carbonyl (C=O) groups excluding carboxylic acids is 1. The molecule has 4 N–H and O–H groups in total. The van der Waals surface area contributed by atoms with Gasteiger partial charge in [-0.2, -0.15) is 0 Å². The van der Waals surface area contributed by atoms with Crippen molar-refractivity contribution in [2.45, 2.75) is 269 Å². The number of esters is 1. The molecule has 1 fully saturated rings. The molecule has 0 aromatic heterocycles. The number of ether oxygens (including phenoxy) is 4. The molecule has 0 aromatic rings. The van der Waals surface area contributed by atoms with E-state index in [9.17, 15) is 25.2 Å². The van der Waals surface area contributed by atoms with Crippen molar-refractivity contribution in [3.05, 3.63) is 97.2 Å². The Labute approximate surface area is 441 Å². The van der Waals surface area contributed by atoms with Gasteiger partial charge in [0.2, 0.25) is 0 Å². The average Bonchev–Trinajstić information content (AvgIpc) is 3.38. The van der Waals surface area contributed by atoms with Crippen LogP contribution in [0.3, 0.4) is 0 Å². The van der Waals surface area contributed by atoms with E-state index in [1.165, 1.54) is 116 Å². The monoisotopic (exact) mass is 1010 g/mol. The van der Waals surface area contributed by atoms with Crippen LogP contribution in [0.5, 0.6) is 0 Å². The molecule has 0 saturated carbocycles. The van der Waals surface area contributed by atoms with Crippen molar-refractivity contribution in [1.82, 2.24) is 0 Å². The van der Waals surface area contributed by atoms with Crippen LogP contribution in [0.25, 0.3) is 0 Å². The topological polar surface area (TPSA) is 135 Å². The standard InChI is InChI=1S/C63H108O9/c1-3-5-7-9-11-13-15-17-19-21-23-25-27-29-30-32-34-36-38-40-42-44-46-48-50-52-59(65)71-57(56-70-63-62(68)61(67)60(66)58(54-64)72-63)55-69-53-51-49-47-45-43-41-39-37-35-33-31-28-26-24-22-20-18-16-14-12-10-8-6-4-2/h5,7,11,13,16-19,22-25,29-30,34,36,57-58,60-64,66-68H,3-4,6,8-10,12,14-15,20-21,26-28,31-33,35,37-56H2,1-2H3/b7-5-,13-11-,18-16-,19-17-,24-22-,25-23-,30-29-,36-34-. The smallest absolute Gasteiger partial charge is 0.306 e. The molecule has 9 heteroatoms. The fourth-order valence-electron chi connectivity index (χ4n) is 8.47. The van der Waals surface area contributed by atoms with E-state index in [1.807, 2.05) is 0 Å². The van der Waals surface area contributed by atoms with Crippen molar-refractivity contribution in [2.75, 3.05) is 26.4 Å². The van der Waals surface area contributed by atoms with E-state index in [0.29, 0.717) is 13.0 Å². The van der Waals surface area contributed by atoms with Crippen molar-refractivity contribution in [3.8, 4) is 0 Å². The first-order valence-corrected chi connectivity index (χ1v) is 29.3. The third kappa shape index (κ3) is 42.5. The normalized spacial score (nSPS) is 19.4. The summed E-state index contributed by atoms with van der Waals surface area (Å²) in [4.78, 5) is 12.9. The predicted molar refractivity (Wildman–Crippen MR) is 302 cm³/mol. The van der Waals surface area contributed by atoms with E-state index in [-0.39, 0.29) is 19.2 Å². The molecule has 414 valence electrons. The lowest BCUT2D eigenvalue weighted by molar-refractivity contribution is -0.305. The van der Waals surface area contributed by atoms with Gasteiger partial charge in [-0.25, -0.2) is 0 Å². The molecule has 6 atom stereocenters. The van der Waals surface area contributed by atoms with E-state index in [1.54, 1.807) is 0 Å². The summed E-state index contributed by atoms with van der Waals surface area (Å²) >= 11 is 0. The van der Waals surface area contributed by atoms with Crippen molar-refractivity contribution in [3.63, 3.8) is 0 Å². The minimum absolute atomic E-state index is 0.125. The predicted octanol–water partition coefficient (Wildman–Crippen LogP) is 15.5. The molecule has 1 heterocycles. The lowest BCUT2D eigenvalue weighted by Gasteiger charge is -2.39. The van der Waals surface area contributed by atoms with Gasteiger partial charge in [0.05, 0.1) is 19.8 Å². The molecule has 1 aliphatic heterocycles. The summed E-state index contributed by atoms with van der Waals surface area (Å²) in [6.45, 7) is 4.42. The summed E-state index contributed by atoms with van der Waals surface area (Å²) in [6.07, 6.45) is 67.3. The summed E-state index contributed by atoms with van der Waals surface area (Å²) in [7, 11) is 0. The molecule has 6 unspecified atom stereocenters. The van der Waals surface area contributed by atoms with Gasteiger partial charge in [-0.15, -0.1) is 0 Å². The maximum atomic E-state index is 12.9. The first-order chi connectivity index (χ1) is 35.4. The van der Waals surface area contributed by atoms with Gasteiger partial charge in [-0.05, 0) is 96.3 Å². The molecule has 1 saturated heterocycles. The molecule has 0 bridgehead atoms. The van der Waals surface area contributed by atoms with E-state index < -0.39 is 43.4 Å². The summed E-state index contributed by atoms with van der Waals surface area (Å²) in [5.41, 5.74) is 0. The van der Waals surface area contributed by atoms with Crippen molar-refractivity contribution in [2.24, 2.45) is 0 Å². The van der Waals surface area contributed by atoms with Gasteiger partial charge in [-0.3, -0.25) is 4.79 Å². The Bertz CT molecular complexity index is 1430. The maximum absolute atomic E-state index is 12.9. The van der Waals surface area contributed by atoms with Gasteiger partial charge in [0, 0.05) is 13.0 Å². The van der Waals surface area contributed by atoms with Crippen molar-refractivity contribution < 1.29 is 44.2 Å². The Morgan fingerprint density at radius 2 is 0.847 bits per heavy atom. The number of hydrogen-bond acceptors (Lipinski definition) is 9. The van der Waals surface area contributed by atoms with Crippen LogP contribution in [-0.2, 0) is 23.7 Å². The van der Waals surface area contributed by atoms with Crippen LogP contribution in [0, 0.1) is 0 Å². The summed E-state index contributed by atoms with van der Waals surface area (Å²) in [5, 5.41) is 40.4. The largest absolute Gasteiger partial charge is 0.457 e. The average molecular weight is 1010 g/mol. The zero-order valence-corrected chi connectivity index (χ0v) is 45.9. The number of hydrogen-bond donors (Lipinski definition) is 4. The summed E-state index contributed by atoms with van der Waals surface area (Å²) < 4.78 is 23.0. The number of aliphatic hydroxyl groups is 4. The van der Waals surface area contributed by atoms with Crippen LogP contribution in [0.2, 0.25) is 0 Å². The quantitative estimate of drug-likeness (QED) is 0.0267. The Morgan fingerprint density at radius 1 is 0.458 bits per heavy atom. The van der Waals surface area contributed by atoms with E-state index >= 15 is 0 Å². The molecular weight excluding hydrogens is 901 g/mol. The lowest BCUT2D eigenvalue weighted by atomic mass is 9.99. The Balaban J connectivity index is 2.18. The number of aliphatic hydroxyl groups excluding tert-OH is 4. The van der Waals surface area contributed by atoms with E-state index in [0.717, 1.165) is 96.3 Å². The van der Waals surface area contributed by atoms with E-state index in [2.05, 4.69) is 111 Å². The third-order valence-electron chi connectivity index (χ3n) is 13.0. The zero-order valence-electron chi connectivity index (χ0n) is 45.9. The highest BCUT2D eigenvalue weighted by Crippen LogP contribution is 2.23. The van der Waals surface area contributed by atoms with Gasteiger partial charge in [0.1, 0.15) is 30.5 Å². The van der Waals surface area contributed by atoms with Gasteiger partial charge >= 0.3 is 5.97 Å². The Morgan fingerprint density at radius 3 is 1.28 bits per heavy atom. The molecule has 9 nitrogen and oxygen atoms in total. The molecule has 0 aliphatic carbocycles. The molecule has 0 spiro atoms. The van der Waals surface area contributed by atoms with Gasteiger partial charge in [-0.1, -0.05) is 227 Å². The highest BCUT2D eigenvalue weighted by Gasteiger charge is 2.44. The fraction of sp³-hybridized carbons (Fsp3) is 0.730. The molecule has 0 amide bonds.